The second-order valence-electron chi connectivity index (χ2n) is 4.35. The van der Waals surface area contributed by atoms with Gasteiger partial charge in [-0.2, -0.15) is 0 Å². The van der Waals surface area contributed by atoms with Gasteiger partial charge in [-0.3, -0.25) is 4.99 Å². The lowest BCUT2D eigenvalue weighted by molar-refractivity contribution is -0.0971. The Hall–Kier alpha value is -0.810. The summed E-state index contributed by atoms with van der Waals surface area (Å²) in [5, 5.41) is 6.49. The van der Waals surface area contributed by atoms with E-state index in [1.165, 1.54) is 0 Å². The Morgan fingerprint density at radius 3 is 2.69 bits per heavy atom. The Balaban J connectivity index is 2.12. The maximum atomic E-state index is 5.24. The Kier molecular flexibility index (Phi) is 5.55. The fourth-order valence-electron chi connectivity index (χ4n) is 1.46. The first-order chi connectivity index (χ1) is 7.70. The highest BCUT2D eigenvalue weighted by molar-refractivity contribution is 5.79. The van der Waals surface area contributed by atoms with Gasteiger partial charge in [-0.15, -0.1) is 0 Å². The third-order valence-electron chi connectivity index (χ3n) is 2.55. The van der Waals surface area contributed by atoms with E-state index in [9.17, 15) is 0 Å². The van der Waals surface area contributed by atoms with Gasteiger partial charge in [0.1, 0.15) is 0 Å². The molecule has 1 fully saturated rings. The molecule has 0 aromatic rings. The van der Waals surface area contributed by atoms with E-state index in [-0.39, 0.29) is 5.41 Å². The van der Waals surface area contributed by atoms with Crippen LogP contribution in [0.2, 0.25) is 0 Å². The molecule has 0 aromatic carbocycles. The smallest absolute Gasteiger partial charge is 0.191 e. The van der Waals surface area contributed by atoms with Crippen molar-refractivity contribution in [3.8, 4) is 0 Å². The molecule has 0 atom stereocenters. The Labute approximate surface area is 97.6 Å². The summed E-state index contributed by atoms with van der Waals surface area (Å²) in [6, 6.07) is 0. The summed E-state index contributed by atoms with van der Waals surface area (Å²) in [7, 11) is 1.77. The predicted molar refractivity (Wildman–Crippen MR) is 64.8 cm³/mol. The van der Waals surface area contributed by atoms with Crippen LogP contribution in [0.4, 0.5) is 0 Å². The summed E-state index contributed by atoms with van der Waals surface area (Å²) in [5.74, 6) is 0.827. The number of nitrogens with one attached hydrogen (secondary N) is 2. The molecule has 2 N–H and O–H groups in total. The van der Waals surface area contributed by atoms with Crippen LogP contribution in [-0.2, 0) is 9.47 Å². The van der Waals surface area contributed by atoms with Gasteiger partial charge in [0.05, 0.1) is 19.8 Å². The van der Waals surface area contributed by atoms with Gasteiger partial charge in [-0.05, 0) is 6.92 Å². The van der Waals surface area contributed by atoms with E-state index < -0.39 is 0 Å². The van der Waals surface area contributed by atoms with Gasteiger partial charge in [0.2, 0.25) is 0 Å². The molecule has 1 rings (SSSR count). The van der Waals surface area contributed by atoms with Crippen LogP contribution < -0.4 is 10.6 Å². The van der Waals surface area contributed by atoms with Crippen molar-refractivity contribution in [3.63, 3.8) is 0 Å². The van der Waals surface area contributed by atoms with Crippen molar-refractivity contribution in [2.45, 2.75) is 13.8 Å². The highest BCUT2D eigenvalue weighted by Gasteiger charge is 2.33. The van der Waals surface area contributed by atoms with Crippen LogP contribution in [0.25, 0.3) is 0 Å². The van der Waals surface area contributed by atoms with Crippen molar-refractivity contribution < 1.29 is 9.47 Å². The monoisotopic (exact) mass is 229 g/mol. The van der Waals surface area contributed by atoms with E-state index in [0.29, 0.717) is 6.61 Å². The molecule has 5 heteroatoms. The minimum Gasteiger partial charge on any atom is -0.380 e. The van der Waals surface area contributed by atoms with Gasteiger partial charge in [-0.1, -0.05) is 6.92 Å². The third-order valence-corrected chi connectivity index (χ3v) is 2.55. The molecule has 94 valence electrons. The number of rotatable bonds is 6. The summed E-state index contributed by atoms with van der Waals surface area (Å²) in [6.45, 7) is 8.98. The van der Waals surface area contributed by atoms with Crippen molar-refractivity contribution in [3.05, 3.63) is 0 Å². The molecule has 0 spiro atoms. The molecule has 1 aliphatic heterocycles. The zero-order chi connectivity index (χ0) is 11.9. The Morgan fingerprint density at radius 2 is 2.19 bits per heavy atom. The third kappa shape index (κ3) is 4.37. The number of hydrogen-bond acceptors (Lipinski definition) is 3. The number of aliphatic imine (C=N–C) groups is 1. The molecule has 0 aromatic heterocycles. The summed E-state index contributed by atoms with van der Waals surface area (Å²) < 4.78 is 10.4. The van der Waals surface area contributed by atoms with E-state index >= 15 is 0 Å². The van der Waals surface area contributed by atoms with E-state index in [1.807, 2.05) is 6.92 Å². The molecule has 0 radical (unpaired) electrons. The average Bonchev–Trinajstić information content (AvgIpc) is 2.26. The fourth-order valence-corrected chi connectivity index (χ4v) is 1.46. The second-order valence-corrected chi connectivity index (χ2v) is 4.35. The van der Waals surface area contributed by atoms with Gasteiger partial charge in [0.15, 0.2) is 5.96 Å². The van der Waals surface area contributed by atoms with E-state index in [2.05, 4.69) is 22.5 Å². The lowest BCUT2D eigenvalue weighted by Crippen LogP contribution is -2.51. The zero-order valence-corrected chi connectivity index (χ0v) is 10.5. The molecule has 5 nitrogen and oxygen atoms in total. The molecular formula is C11H23N3O2. The maximum Gasteiger partial charge on any atom is 0.191 e. The van der Waals surface area contributed by atoms with Crippen molar-refractivity contribution in [1.29, 1.82) is 0 Å². The second kappa shape index (κ2) is 6.70. The summed E-state index contributed by atoms with van der Waals surface area (Å²) in [4.78, 5) is 4.15. The molecule has 0 bridgehead atoms. The highest BCUT2D eigenvalue weighted by Crippen LogP contribution is 2.24. The molecule has 1 heterocycles. The first kappa shape index (κ1) is 13.3. The van der Waals surface area contributed by atoms with Crippen molar-refractivity contribution in [2.75, 3.05) is 46.6 Å². The average molecular weight is 229 g/mol. The standard InChI is InChI=1S/C11H23N3O2/c1-4-15-6-5-13-10(12-3)14-7-11(2)8-16-9-11/h4-9H2,1-3H3,(H2,12,13,14). The molecule has 0 amide bonds. The normalized spacial score (nSPS) is 19.1. The van der Waals surface area contributed by atoms with Crippen LogP contribution in [0.15, 0.2) is 4.99 Å². The minimum atomic E-state index is 0.261. The largest absolute Gasteiger partial charge is 0.380 e. The predicted octanol–water partition coefficient (Wildman–Crippen LogP) is 0.224. The van der Waals surface area contributed by atoms with Gasteiger partial charge in [0, 0.05) is 32.2 Å². The summed E-state index contributed by atoms with van der Waals surface area (Å²) in [5.41, 5.74) is 0.261. The zero-order valence-electron chi connectivity index (χ0n) is 10.5. The lowest BCUT2D eigenvalue weighted by Gasteiger charge is -2.38. The molecule has 0 unspecified atom stereocenters. The van der Waals surface area contributed by atoms with Crippen LogP contribution in [0.3, 0.4) is 0 Å². The fraction of sp³-hybridized carbons (Fsp3) is 0.909. The van der Waals surface area contributed by atoms with Crippen LogP contribution in [0.5, 0.6) is 0 Å². The Bertz CT molecular complexity index is 227. The van der Waals surface area contributed by atoms with Crippen LogP contribution in [0.1, 0.15) is 13.8 Å². The van der Waals surface area contributed by atoms with Crippen molar-refractivity contribution in [2.24, 2.45) is 10.4 Å². The van der Waals surface area contributed by atoms with Gasteiger partial charge < -0.3 is 20.1 Å². The number of guanidine groups is 1. The number of ether oxygens (including phenoxy) is 2. The molecule has 1 aliphatic rings. The minimum absolute atomic E-state index is 0.261. The maximum absolute atomic E-state index is 5.24. The Morgan fingerprint density at radius 1 is 1.44 bits per heavy atom. The first-order valence-corrected chi connectivity index (χ1v) is 5.80. The van der Waals surface area contributed by atoms with Crippen molar-refractivity contribution in [1.82, 2.24) is 10.6 Å². The number of nitrogens with zero attached hydrogens (tertiary/aromatic N) is 1. The molecule has 16 heavy (non-hydrogen) atoms. The quantitative estimate of drug-likeness (QED) is 0.389. The van der Waals surface area contributed by atoms with Crippen molar-refractivity contribution >= 4 is 5.96 Å². The first-order valence-electron chi connectivity index (χ1n) is 5.80. The van der Waals surface area contributed by atoms with Crippen LogP contribution in [-0.4, -0.2) is 52.5 Å². The molecule has 1 saturated heterocycles. The summed E-state index contributed by atoms with van der Waals surface area (Å²) in [6.07, 6.45) is 0. The van der Waals surface area contributed by atoms with Gasteiger partial charge in [0.25, 0.3) is 0 Å². The van der Waals surface area contributed by atoms with Crippen LogP contribution in [0, 0.1) is 5.41 Å². The molecular weight excluding hydrogens is 206 g/mol. The topological polar surface area (TPSA) is 54.9 Å². The van der Waals surface area contributed by atoms with E-state index in [0.717, 1.165) is 38.9 Å². The number of hydrogen-bond donors (Lipinski definition) is 2. The van der Waals surface area contributed by atoms with Crippen LogP contribution >= 0.6 is 0 Å². The summed E-state index contributed by atoms with van der Waals surface area (Å²) >= 11 is 0. The highest BCUT2D eigenvalue weighted by atomic mass is 16.5. The van der Waals surface area contributed by atoms with E-state index in [4.69, 9.17) is 9.47 Å². The van der Waals surface area contributed by atoms with E-state index in [1.54, 1.807) is 7.05 Å². The van der Waals surface area contributed by atoms with Gasteiger partial charge in [-0.25, -0.2) is 0 Å². The molecule has 0 aliphatic carbocycles. The lowest BCUT2D eigenvalue weighted by atomic mass is 9.89. The molecule has 0 saturated carbocycles. The SMILES string of the molecule is CCOCCNC(=NC)NCC1(C)COC1. The van der Waals surface area contributed by atoms with Gasteiger partial charge >= 0.3 is 0 Å².